The highest BCUT2D eigenvalue weighted by Gasteiger charge is 2.15. The van der Waals surface area contributed by atoms with Crippen molar-refractivity contribution in [2.45, 2.75) is 13.3 Å². The fraction of sp³-hybridized carbons (Fsp3) is 0.643. The smallest absolute Gasteiger partial charge is 0.0558 e. The molecule has 1 aliphatic heterocycles. The first kappa shape index (κ1) is 13.5. The van der Waals surface area contributed by atoms with Crippen molar-refractivity contribution in [1.82, 2.24) is 14.8 Å². The van der Waals surface area contributed by atoms with E-state index in [0.717, 1.165) is 51.4 Å². The van der Waals surface area contributed by atoms with E-state index in [-0.39, 0.29) is 6.61 Å². The Labute approximate surface area is 109 Å². The van der Waals surface area contributed by atoms with Crippen LogP contribution in [0.3, 0.4) is 0 Å². The monoisotopic (exact) mass is 249 g/mol. The lowest BCUT2D eigenvalue weighted by Gasteiger charge is -2.34. The summed E-state index contributed by atoms with van der Waals surface area (Å²) >= 11 is 0. The van der Waals surface area contributed by atoms with Gasteiger partial charge in [0.25, 0.3) is 0 Å². The summed E-state index contributed by atoms with van der Waals surface area (Å²) < 4.78 is 0. The summed E-state index contributed by atoms with van der Waals surface area (Å²) in [6, 6.07) is 4.25. The quantitative estimate of drug-likeness (QED) is 0.827. The fourth-order valence-electron chi connectivity index (χ4n) is 2.31. The van der Waals surface area contributed by atoms with E-state index in [1.165, 1.54) is 5.56 Å². The van der Waals surface area contributed by atoms with Gasteiger partial charge in [-0.2, -0.15) is 0 Å². The van der Waals surface area contributed by atoms with E-state index < -0.39 is 0 Å². The van der Waals surface area contributed by atoms with Crippen LogP contribution in [0.5, 0.6) is 0 Å². The van der Waals surface area contributed by atoms with Crippen LogP contribution in [0.1, 0.15) is 11.3 Å². The highest BCUT2D eigenvalue weighted by molar-refractivity contribution is 5.13. The van der Waals surface area contributed by atoms with Crippen LogP contribution >= 0.6 is 0 Å². The Hall–Kier alpha value is -0.970. The van der Waals surface area contributed by atoms with E-state index in [2.05, 4.69) is 26.9 Å². The SMILES string of the molecule is Cc1ccc(CCN2CCN(CCO)CC2)cn1. The summed E-state index contributed by atoms with van der Waals surface area (Å²) in [7, 11) is 0. The number of aryl methyl sites for hydroxylation is 1. The van der Waals surface area contributed by atoms with Gasteiger partial charge in [-0.3, -0.25) is 9.88 Å². The first-order chi connectivity index (χ1) is 8.78. The number of β-amino-alcohol motifs (C(OH)–C–C–N with tert-alkyl or cyclic N) is 1. The van der Waals surface area contributed by atoms with Crippen LogP contribution in [0.15, 0.2) is 18.3 Å². The molecule has 0 amide bonds. The molecular weight excluding hydrogens is 226 g/mol. The summed E-state index contributed by atoms with van der Waals surface area (Å²) in [4.78, 5) is 9.14. The van der Waals surface area contributed by atoms with Crippen molar-refractivity contribution in [3.63, 3.8) is 0 Å². The van der Waals surface area contributed by atoms with Gasteiger partial charge in [-0.05, 0) is 25.0 Å². The number of pyridine rings is 1. The van der Waals surface area contributed by atoms with Crippen molar-refractivity contribution in [3.8, 4) is 0 Å². The Kier molecular flexibility index (Phi) is 5.11. The summed E-state index contributed by atoms with van der Waals surface area (Å²) in [5.74, 6) is 0. The number of nitrogens with zero attached hydrogens (tertiary/aromatic N) is 3. The maximum Gasteiger partial charge on any atom is 0.0558 e. The van der Waals surface area contributed by atoms with E-state index >= 15 is 0 Å². The molecule has 1 fully saturated rings. The number of hydrogen-bond donors (Lipinski definition) is 1. The maximum atomic E-state index is 8.90. The lowest BCUT2D eigenvalue weighted by molar-refractivity contribution is 0.113. The molecular formula is C14H23N3O. The summed E-state index contributed by atoms with van der Waals surface area (Å²) in [5.41, 5.74) is 2.40. The van der Waals surface area contributed by atoms with Gasteiger partial charge in [-0.1, -0.05) is 6.07 Å². The van der Waals surface area contributed by atoms with E-state index in [0.29, 0.717) is 0 Å². The van der Waals surface area contributed by atoms with Crippen molar-refractivity contribution < 1.29 is 5.11 Å². The van der Waals surface area contributed by atoms with Gasteiger partial charge >= 0.3 is 0 Å². The van der Waals surface area contributed by atoms with Gasteiger partial charge in [0.05, 0.1) is 6.61 Å². The van der Waals surface area contributed by atoms with E-state index in [4.69, 9.17) is 5.11 Å². The number of rotatable bonds is 5. The van der Waals surface area contributed by atoms with Crippen LogP contribution in [0, 0.1) is 6.92 Å². The van der Waals surface area contributed by atoms with Gasteiger partial charge in [-0.25, -0.2) is 0 Å². The molecule has 1 aliphatic rings. The molecule has 0 saturated carbocycles. The molecule has 2 rings (SSSR count). The second-order valence-corrected chi connectivity index (χ2v) is 4.96. The van der Waals surface area contributed by atoms with Crippen LogP contribution < -0.4 is 0 Å². The molecule has 1 N–H and O–H groups in total. The summed E-state index contributed by atoms with van der Waals surface area (Å²) in [6.45, 7) is 8.59. The van der Waals surface area contributed by atoms with E-state index in [9.17, 15) is 0 Å². The summed E-state index contributed by atoms with van der Waals surface area (Å²) in [6.07, 6.45) is 3.06. The predicted molar refractivity (Wildman–Crippen MR) is 72.6 cm³/mol. The van der Waals surface area contributed by atoms with E-state index in [1.54, 1.807) is 0 Å². The largest absolute Gasteiger partial charge is 0.395 e. The normalized spacial score (nSPS) is 18.1. The van der Waals surface area contributed by atoms with Crippen molar-refractivity contribution >= 4 is 0 Å². The van der Waals surface area contributed by atoms with Crippen LogP contribution in [0.25, 0.3) is 0 Å². The number of aromatic nitrogens is 1. The second-order valence-electron chi connectivity index (χ2n) is 4.96. The van der Waals surface area contributed by atoms with Crippen molar-refractivity contribution in [1.29, 1.82) is 0 Å². The number of piperazine rings is 1. The molecule has 0 aliphatic carbocycles. The Bertz CT molecular complexity index is 345. The van der Waals surface area contributed by atoms with Crippen LogP contribution in [0.2, 0.25) is 0 Å². The molecule has 4 heteroatoms. The third-order valence-electron chi connectivity index (χ3n) is 3.57. The molecule has 18 heavy (non-hydrogen) atoms. The lowest BCUT2D eigenvalue weighted by atomic mass is 10.2. The third kappa shape index (κ3) is 4.05. The van der Waals surface area contributed by atoms with Crippen LogP contribution in [-0.4, -0.2) is 65.8 Å². The molecule has 1 aromatic rings. The molecule has 0 radical (unpaired) electrons. The molecule has 0 unspecified atom stereocenters. The van der Waals surface area contributed by atoms with Gasteiger partial charge in [-0.15, -0.1) is 0 Å². The van der Waals surface area contributed by atoms with E-state index in [1.807, 2.05) is 13.1 Å². The van der Waals surface area contributed by atoms with Crippen molar-refractivity contribution in [2.75, 3.05) is 45.9 Å². The average molecular weight is 249 g/mol. The molecule has 0 atom stereocenters. The van der Waals surface area contributed by atoms with Gasteiger partial charge < -0.3 is 10.0 Å². The fourth-order valence-corrected chi connectivity index (χ4v) is 2.31. The third-order valence-corrected chi connectivity index (χ3v) is 3.57. The number of aliphatic hydroxyl groups excluding tert-OH is 1. The lowest BCUT2D eigenvalue weighted by Crippen LogP contribution is -2.47. The topological polar surface area (TPSA) is 39.6 Å². The molecule has 4 nitrogen and oxygen atoms in total. The molecule has 1 aromatic heterocycles. The van der Waals surface area contributed by atoms with Gasteiger partial charge in [0.1, 0.15) is 0 Å². The van der Waals surface area contributed by atoms with Crippen LogP contribution in [-0.2, 0) is 6.42 Å². The zero-order chi connectivity index (χ0) is 12.8. The summed E-state index contributed by atoms with van der Waals surface area (Å²) in [5, 5.41) is 8.90. The minimum atomic E-state index is 0.273. The van der Waals surface area contributed by atoms with Gasteiger partial charge in [0, 0.05) is 51.2 Å². The number of hydrogen-bond acceptors (Lipinski definition) is 4. The van der Waals surface area contributed by atoms with Gasteiger partial charge in [0.15, 0.2) is 0 Å². The van der Waals surface area contributed by atoms with Gasteiger partial charge in [0.2, 0.25) is 0 Å². The Balaban J connectivity index is 1.70. The molecule has 100 valence electrons. The number of aliphatic hydroxyl groups is 1. The predicted octanol–water partition coefficient (Wildman–Crippen LogP) is 0.542. The molecule has 2 heterocycles. The Morgan fingerprint density at radius 1 is 1.11 bits per heavy atom. The zero-order valence-electron chi connectivity index (χ0n) is 11.2. The Morgan fingerprint density at radius 2 is 1.78 bits per heavy atom. The van der Waals surface area contributed by atoms with Crippen molar-refractivity contribution in [3.05, 3.63) is 29.6 Å². The standard InChI is InChI=1S/C14H23N3O/c1-13-2-3-14(12-15-13)4-5-16-6-8-17(9-7-16)10-11-18/h2-3,12,18H,4-11H2,1H3. The molecule has 1 saturated heterocycles. The maximum absolute atomic E-state index is 8.90. The first-order valence-corrected chi connectivity index (χ1v) is 6.75. The van der Waals surface area contributed by atoms with Crippen molar-refractivity contribution in [2.24, 2.45) is 0 Å². The first-order valence-electron chi connectivity index (χ1n) is 6.75. The molecule has 0 aromatic carbocycles. The minimum absolute atomic E-state index is 0.273. The highest BCUT2D eigenvalue weighted by atomic mass is 16.3. The average Bonchev–Trinajstić information content (AvgIpc) is 2.40. The highest BCUT2D eigenvalue weighted by Crippen LogP contribution is 2.05. The molecule has 0 bridgehead atoms. The molecule has 0 spiro atoms. The minimum Gasteiger partial charge on any atom is -0.395 e. The second kappa shape index (κ2) is 6.83. The van der Waals surface area contributed by atoms with Crippen LogP contribution in [0.4, 0.5) is 0 Å². The zero-order valence-corrected chi connectivity index (χ0v) is 11.2. The Morgan fingerprint density at radius 3 is 2.33 bits per heavy atom.